The first-order chi connectivity index (χ1) is 9.31. The van der Waals surface area contributed by atoms with Crippen molar-refractivity contribution in [2.45, 2.75) is 50.7 Å². The van der Waals surface area contributed by atoms with Crippen molar-refractivity contribution in [3.05, 3.63) is 16.9 Å². The maximum atomic E-state index is 6.18. The van der Waals surface area contributed by atoms with Crippen LogP contribution in [-0.2, 0) is 4.74 Å². The molecule has 2 heterocycles. The highest BCUT2D eigenvalue weighted by atomic mass is 79.9. The van der Waals surface area contributed by atoms with E-state index in [-0.39, 0.29) is 0 Å². The van der Waals surface area contributed by atoms with Gasteiger partial charge in [0.25, 0.3) is 0 Å². The summed E-state index contributed by atoms with van der Waals surface area (Å²) in [4.78, 5) is 11.0. The molecule has 0 N–H and O–H groups in total. The van der Waals surface area contributed by atoms with Crippen LogP contribution >= 0.6 is 15.9 Å². The zero-order chi connectivity index (χ0) is 13.1. The van der Waals surface area contributed by atoms with Gasteiger partial charge in [0.15, 0.2) is 0 Å². The van der Waals surface area contributed by atoms with E-state index in [9.17, 15) is 0 Å². The minimum absolute atomic E-state index is 0.440. The van der Waals surface area contributed by atoms with Crippen molar-refractivity contribution < 1.29 is 4.74 Å². The maximum Gasteiger partial charge on any atom is 0.225 e. The summed E-state index contributed by atoms with van der Waals surface area (Å²) in [5.74, 6) is 0.836. The number of rotatable bonds is 3. The molecule has 1 aromatic rings. The quantitative estimate of drug-likeness (QED) is 0.855. The third-order valence-electron chi connectivity index (χ3n) is 4.02. The number of ether oxygens (including phenoxy) is 1. The van der Waals surface area contributed by atoms with Crippen LogP contribution in [-0.4, -0.2) is 35.3 Å². The lowest BCUT2D eigenvalue weighted by atomic mass is 10.1. The van der Waals surface area contributed by atoms with Crippen molar-refractivity contribution in [3.8, 4) is 0 Å². The van der Waals surface area contributed by atoms with Crippen molar-refractivity contribution in [3.63, 3.8) is 0 Å². The standard InChI is InChI=1S/C14H20BrN3O/c15-11-9-16-14(17-10-11)18-7-5-13(6-8-18)19-12-3-1-2-4-12/h9-10,12-13H,1-8H2. The molecule has 1 aliphatic heterocycles. The van der Waals surface area contributed by atoms with Crippen molar-refractivity contribution in [2.24, 2.45) is 0 Å². The Labute approximate surface area is 122 Å². The number of aromatic nitrogens is 2. The minimum atomic E-state index is 0.440. The van der Waals surface area contributed by atoms with Crippen LogP contribution < -0.4 is 4.90 Å². The predicted molar refractivity (Wildman–Crippen MR) is 78.3 cm³/mol. The molecule has 3 rings (SSSR count). The molecule has 0 spiro atoms. The van der Waals surface area contributed by atoms with Crippen LogP contribution in [0.15, 0.2) is 16.9 Å². The van der Waals surface area contributed by atoms with Crippen molar-refractivity contribution >= 4 is 21.9 Å². The molecule has 1 saturated carbocycles. The lowest BCUT2D eigenvalue weighted by Gasteiger charge is -2.33. The molecule has 2 aliphatic rings. The van der Waals surface area contributed by atoms with E-state index in [0.29, 0.717) is 12.2 Å². The first-order valence-electron chi connectivity index (χ1n) is 7.19. The van der Waals surface area contributed by atoms with E-state index in [4.69, 9.17) is 4.74 Å². The van der Waals surface area contributed by atoms with Gasteiger partial charge in [0.2, 0.25) is 5.95 Å². The second-order valence-corrected chi connectivity index (χ2v) is 6.35. The van der Waals surface area contributed by atoms with Crippen LogP contribution in [0.25, 0.3) is 0 Å². The second-order valence-electron chi connectivity index (χ2n) is 5.43. The molecule has 19 heavy (non-hydrogen) atoms. The highest BCUT2D eigenvalue weighted by Crippen LogP contribution is 2.26. The SMILES string of the molecule is Brc1cnc(N2CCC(OC3CCCC3)CC2)nc1. The van der Waals surface area contributed by atoms with Crippen molar-refractivity contribution in [1.29, 1.82) is 0 Å². The third-order valence-corrected chi connectivity index (χ3v) is 4.43. The molecular weight excluding hydrogens is 306 g/mol. The Bertz CT molecular complexity index is 398. The second kappa shape index (κ2) is 6.18. The van der Waals surface area contributed by atoms with Gasteiger partial charge in [-0.25, -0.2) is 9.97 Å². The van der Waals surface area contributed by atoms with Gasteiger partial charge in [-0.1, -0.05) is 12.8 Å². The molecule has 1 saturated heterocycles. The summed E-state index contributed by atoms with van der Waals surface area (Å²) in [5, 5.41) is 0. The van der Waals surface area contributed by atoms with Gasteiger partial charge < -0.3 is 9.64 Å². The summed E-state index contributed by atoms with van der Waals surface area (Å²) in [5.41, 5.74) is 0. The fourth-order valence-corrected chi connectivity index (χ4v) is 3.16. The van der Waals surface area contributed by atoms with E-state index in [2.05, 4.69) is 30.8 Å². The largest absolute Gasteiger partial charge is 0.375 e. The Morgan fingerprint density at radius 3 is 2.21 bits per heavy atom. The van der Waals surface area contributed by atoms with E-state index in [0.717, 1.165) is 36.4 Å². The monoisotopic (exact) mass is 325 g/mol. The van der Waals surface area contributed by atoms with Crippen molar-refractivity contribution in [1.82, 2.24) is 9.97 Å². The highest BCUT2D eigenvalue weighted by Gasteiger charge is 2.25. The molecule has 104 valence electrons. The predicted octanol–water partition coefficient (Wildman–Crippen LogP) is 3.17. The van der Waals surface area contributed by atoms with Gasteiger partial charge in [-0.05, 0) is 41.6 Å². The molecule has 0 radical (unpaired) electrons. The summed E-state index contributed by atoms with van der Waals surface area (Å²) in [7, 11) is 0. The molecule has 4 nitrogen and oxygen atoms in total. The van der Waals surface area contributed by atoms with Crippen LogP contribution in [0, 0.1) is 0 Å². The number of halogens is 1. The molecule has 0 bridgehead atoms. The maximum absolute atomic E-state index is 6.18. The minimum Gasteiger partial charge on any atom is -0.375 e. The van der Waals surface area contributed by atoms with E-state index >= 15 is 0 Å². The van der Waals surface area contributed by atoms with Gasteiger partial charge in [0.05, 0.1) is 16.7 Å². The third kappa shape index (κ3) is 3.45. The van der Waals surface area contributed by atoms with Gasteiger partial charge in [-0.2, -0.15) is 0 Å². The zero-order valence-electron chi connectivity index (χ0n) is 11.1. The molecule has 0 atom stereocenters. The highest BCUT2D eigenvalue weighted by molar-refractivity contribution is 9.10. The van der Waals surface area contributed by atoms with Gasteiger partial charge in [-0.3, -0.25) is 0 Å². The number of hydrogen-bond acceptors (Lipinski definition) is 4. The normalized spacial score (nSPS) is 22.1. The molecule has 0 aromatic carbocycles. The fourth-order valence-electron chi connectivity index (χ4n) is 2.96. The number of anilines is 1. The van der Waals surface area contributed by atoms with Crippen LogP contribution in [0.5, 0.6) is 0 Å². The van der Waals surface area contributed by atoms with Gasteiger partial charge in [0, 0.05) is 25.5 Å². The van der Waals surface area contributed by atoms with Crippen molar-refractivity contribution in [2.75, 3.05) is 18.0 Å². The van der Waals surface area contributed by atoms with E-state index in [1.165, 1.54) is 25.7 Å². The first-order valence-corrected chi connectivity index (χ1v) is 7.98. The summed E-state index contributed by atoms with van der Waals surface area (Å²) < 4.78 is 7.11. The van der Waals surface area contributed by atoms with E-state index < -0.39 is 0 Å². The number of piperidine rings is 1. The lowest BCUT2D eigenvalue weighted by molar-refractivity contribution is -0.0195. The first kappa shape index (κ1) is 13.3. The van der Waals surface area contributed by atoms with E-state index in [1.807, 2.05) is 12.4 Å². The Morgan fingerprint density at radius 1 is 1.00 bits per heavy atom. The molecule has 1 aliphatic carbocycles. The van der Waals surface area contributed by atoms with Gasteiger partial charge in [0.1, 0.15) is 0 Å². The Kier molecular flexibility index (Phi) is 4.33. The molecule has 0 amide bonds. The average molecular weight is 326 g/mol. The molecule has 1 aromatic heterocycles. The summed E-state index contributed by atoms with van der Waals surface area (Å²) in [6, 6.07) is 0. The smallest absolute Gasteiger partial charge is 0.225 e. The Balaban J connectivity index is 1.50. The number of nitrogens with zero attached hydrogens (tertiary/aromatic N) is 3. The molecule has 2 fully saturated rings. The summed E-state index contributed by atoms with van der Waals surface area (Å²) in [6.45, 7) is 2.00. The Morgan fingerprint density at radius 2 is 1.58 bits per heavy atom. The van der Waals surface area contributed by atoms with Crippen LogP contribution in [0.2, 0.25) is 0 Å². The molecular formula is C14H20BrN3O. The average Bonchev–Trinajstić information content (AvgIpc) is 2.94. The van der Waals surface area contributed by atoms with Gasteiger partial charge >= 0.3 is 0 Å². The number of hydrogen-bond donors (Lipinski definition) is 0. The van der Waals surface area contributed by atoms with Crippen LogP contribution in [0.4, 0.5) is 5.95 Å². The topological polar surface area (TPSA) is 38.2 Å². The zero-order valence-corrected chi connectivity index (χ0v) is 12.7. The van der Waals surface area contributed by atoms with Gasteiger partial charge in [-0.15, -0.1) is 0 Å². The van der Waals surface area contributed by atoms with E-state index in [1.54, 1.807) is 0 Å². The van der Waals surface area contributed by atoms with Crippen LogP contribution in [0.1, 0.15) is 38.5 Å². The molecule has 0 unspecified atom stereocenters. The lowest BCUT2D eigenvalue weighted by Crippen LogP contribution is -2.39. The Hall–Kier alpha value is -0.680. The fraction of sp³-hybridized carbons (Fsp3) is 0.714. The molecule has 5 heteroatoms. The summed E-state index contributed by atoms with van der Waals surface area (Å²) >= 11 is 3.36. The van der Waals surface area contributed by atoms with Crippen LogP contribution in [0.3, 0.4) is 0 Å². The summed E-state index contributed by atoms with van der Waals surface area (Å²) in [6.07, 6.45) is 12.0.